The molecule has 4 rings (SSSR count). The number of benzene rings is 2. The van der Waals surface area contributed by atoms with Gasteiger partial charge in [0.15, 0.2) is 18.1 Å². The molecule has 0 saturated heterocycles. The van der Waals surface area contributed by atoms with Crippen LogP contribution in [0.25, 0.3) is 0 Å². The minimum atomic E-state index is -0.306. The van der Waals surface area contributed by atoms with Crippen molar-refractivity contribution in [2.45, 2.75) is 12.5 Å². The molecular weight excluding hydrogens is 454 g/mol. The van der Waals surface area contributed by atoms with Gasteiger partial charge < -0.3 is 14.8 Å². The number of rotatable bonds is 6. The number of carbonyl (C=O) groups excluding carboxylic acids is 2. The van der Waals surface area contributed by atoms with Crippen molar-refractivity contribution in [2.75, 3.05) is 24.4 Å². The molecule has 0 radical (unpaired) electrons. The van der Waals surface area contributed by atoms with Gasteiger partial charge in [0, 0.05) is 10.2 Å². The third kappa shape index (κ3) is 4.28. The van der Waals surface area contributed by atoms with Gasteiger partial charge in [-0.25, -0.2) is 4.68 Å². The first-order valence-corrected chi connectivity index (χ1v) is 9.88. The van der Waals surface area contributed by atoms with Crippen molar-refractivity contribution in [3.05, 3.63) is 58.8 Å². The zero-order chi connectivity index (χ0) is 21.1. The number of amides is 2. The molecule has 0 fully saturated rings. The Morgan fingerprint density at radius 3 is 2.83 bits per heavy atom. The number of anilines is 2. The zero-order valence-corrected chi connectivity index (χ0v) is 17.5. The minimum Gasteiger partial charge on any atom is -0.493 e. The highest BCUT2D eigenvalue weighted by Crippen LogP contribution is 2.34. The maximum absolute atomic E-state index is 12.2. The minimum absolute atomic E-state index is 0.135. The lowest BCUT2D eigenvalue weighted by atomic mass is 10.0. The fourth-order valence-corrected chi connectivity index (χ4v) is 3.41. The van der Waals surface area contributed by atoms with Crippen LogP contribution in [0.3, 0.4) is 0 Å². The van der Waals surface area contributed by atoms with Crippen molar-refractivity contribution >= 4 is 39.4 Å². The molecule has 2 heterocycles. The van der Waals surface area contributed by atoms with E-state index >= 15 is 0 Å². The molecule has 0 spiro atoms. The van der Waals surface area contributed by atoms with Crippen molar-refractivity contribution in [2.24, 2.45) is 0 Å². The molecule has 2 amide bonds. The molecule has 2 N–H and O–H groups in total. The van der Waals surface area contributed by atoms with E-state index in [1.54, 1.807) is 28.9 Å². The van der Waals surface area contributed by atoms with Crippen molar-refractivity contribution in [1.82, 2.24) is 14.8 Å². The fourth-order valence-electron chi connectivity index (χ4n) is 3.15. The normalized spacial score (nSPS) is 15.1. The lowest BCUT2D eigenvalue weighted by Gasteiger charge is -2.24. The first-order valence-electron chi connectivity index (χ1n) is 9.09. The van der Waals surface area contributed by atoms with E-state index in [4.69, 9.17) is 9.47 Å². The molecule has 1 atom stereocenters. The predicted octanol–water partition coefficient (Wildman–Crippen LogP) is 3.00. The summed E-state index contributed by atoms with van der Waals surface area (Å²) in [4.78, 5) is 28.2. The average molecular weight is 472 g/mol. The molecule has 0 bridgehead atoms. The maximum atomic E-state index is 12.2. The van der Waals surface area contributed by atoms with E-state index < -0.39 is 0 Å². The fraction of sp³-hybridized carbons (Fsp3) is 0.200. The van der Waals surface area contributed by atoms with Crippen molar-refractivity contribution in [3.63, 3.8) is 0 Å². The number of halogens is 1. The SMILES string of the molecule is COc1cc([C@H]2CC(=O)Nc3ncnn32)ccc1OCC(=O)Nc1ccc(Br)cc1. The second kappa shape index (κ2) is 8.54. The van der Waals surface area contributed by atoms with Gasteiger partial charge in [-0.3, -0.25) is 14.9 Å². The van der Waals surface area contributed by atoms with E-state index in [0.717, 1.165) is 10.0 Å². The van der Waals surface area contributed by atoms with E-state index in [1.165, 1.54) is 13.4 Å². The number of aromatic nitrogens is 3. The summed E-state index contributed by atoms with van der Waals surface area (Å²) in [7, 11) is 1.52. The molecule has 0 aliphatic carbocycles. The molecule has 0 unspecified atom stereocenters. The summed E-state index contributed by atoms with van der Waals surface area (Å²) in [6.45, 7) is -0.176. The van der Waals surface area contributed by atoms with Gasteiger partial charge in [0.05, 0.1) is 19.6 Å². The maximum Gasteiger partial charge on any atom is 0.262 e. The predicted molar refractivity (Wildman–Crippen MR) is 113 cm³/mol. The second-order valence-electron chi connectivity index (χ2n) is 6.55. The monoisotopic (exact) mass is 471 g/mol. The van der Waals surface area contributed by atoms with Crippen LogP contribution < -0.4 is 20.1 Å². The highest BCUT2D eigenvalue weighted by molar-refractivity contribution is 9.10. The van der Waals surface area contributed by atoms with Crippen LogP contribution in [0, 0.1) is 0 Å². The third-order valence-electron chi connectivity index (χ3n) is 4.56. The van der Waals surface area contributed by atoms with Crippen LogP contribution in [0.15, 0.2) is 53.3 Å². The molecule has 0 saturated carbocycles. The molecule has 30 heavy (non-hydrogen) atoms. The Morgan fingerprint density at radius 2 is 2.07 bits per heavy atom. The van der Waals surface area contributed by atoms with Gasteiger partial charge in [-0.05, 0) is 42.0 Å². The molecule has 1 aromatic heterocycles. The van der Waals surface area contributed by atoms with Crippen molar-refractivity contribution in [1.29, 1.82) is 0 Å². The van der Waals surface area contributed by atoms with Gasteiger partial charge in [0.2, 0.25) is 11.9 Å². The van der Waals surface area contributed by atoms with Gasteiger partial charge in [-0.1, -0.05) is 22.0 Å². The number of nitrogens with zero attached hydrogens (tertiary/aromatic N) is 3. The number of hydrogen-bond acceptors (Lipinski definition) is 6. The summed E-state index contributed by atoms with van der Waals surface area (Å²) in [5.41, 5.74) is 1.49. The van der Waals surface area contributed by atoms with Crippen LogP contribution in [0.2, 0.25) is 0 Å². The van der Waals surface area contributed by atoms with Crippen molar-refractivity contribution in [3.8, 4) is 11.5 Å². The molecule has 3 aromatic rings. The Labute approximate surface area is 180 Å². The quantitative estimate of drug-likeness (QED) is 0.572. The van der Waals surface area contributed by atoms with Gasteiger partial charge >= 0.3 is 0 Å². The standard InChI is InChI=1S/C20H18BrN5O4/c1-29-17-8-12(15-9-18(27)25-20-22-11-23-26(15)20)2-7-16(17)30-10-19(28)24-14-5-3-13(21)4-6-14/h2-8,11,15H,9-10H2,1H3,(H,24,28)(H,22,23,25,27)/t15-/m1/s1. The van der Waals surface area contributed by atoms with E-state index in [9.17, 15) is 9.59 Å². The Hall–Kier alpha value is -3.40. The number of carbonyl (C=O) groups is 2. The highest BCUT2D eigenvalue weighted by Gasteiger charge is 2.28. The summed E-state index contributed by atoms with van der Waals surface area (Å²) in [5.74, 6) is 0.854. The first-order chi connectivity index (χ1) is 14.5. The Bertz CT molecular complexity index is 1080. The molecular formula is C20H18BrN5O4. The Kier molecular flexibility index (Phi) is 5.66. The molecule has 1 aliphatic heterocycles. The van der Waals surface area contributed by atoms with E-state index in [1.807, 2.05) is 18.2 Å². The van der Waals surface area contributed by atoms with Crippen LogP contribution in [0.5, 0.6) is 11.5 Å². The number of fused-ring (bicyclic) bond motifs is 1. The van der Waals surface area contributed by atoms with Gasteiger partial charge in [0.1, 0.15) is 6.33 Å². The number of nitrogens with one attached hydrogen (secondary N) is 2. The van der Waals surface area contributed by atoms with E-state index in [2.05, 4.69) is 36.6 Å². The molecule has 10 heteroatoms. The topological polar surface area (TPSA) is 107 Å². The Balaban J connectivity index is 1.46. The average Bonchev–Trinajstić information content (AvgIpc) is 3.21. The second-order valence-corrected chi connectivity index (χ2v) is 7.47. The summed E-state index contributed by atoms with van der Waals surface area (Å²) in [6, 6.07) is 12.3. The first kappa shape index (κ1) is 19.9. The summed E-state index contributed by atoms with van der Waals surface area (Å²) in [5, 5.41) is 9.64. The number of ether oxygens (including phenoxy) is 2. The van der Waals surface area contributed by atoms with Gasteiger partial charge in [0.25, 0.3) is 5.91 Å². The highest BCUT2D eigenvalue weighted by atomic mass is 79.9. The largest absolute Gasteiger partial charge is 0.493 e. The Morgan fingerprint density at radius 1 is 1.27 bits per heavy atom. The van der Waals surface area contributed by atoms with Crippen LogP contribution in [0.1, 0.15) is 18.0 Å². The van der Waals surface area contributed by atoms with E-state index in [0.29, 0.717) is 23.1 Å². The number of hydrogen-bond donors (Lipinski definition) is 2. The number of methoxy groups -OCH3 is 1. The van der Waals surface area contributed by atoms with Crippen molar-refractivity contribution < 1.29 is 19.1 Å². The molecule has 9 nitrogen and oxygen atoms in total. The van der Waals surface area contributed by atoms with Crippen LogP contribution in [-0.4, -0.2) is 40.3 Å². The smallest absolute Gasteiger partial charge is 0.262 e. The summed E-state index contributed by atoms with van der Waals surface area (Å²) < 4.78 is 13.7. The zero-order valence-electron chi connectivity index (χ0n) is 16.0. The molecule has 1 aliphatic rings. The van der Waals surface area contributed by atoms with Crippen LogP contribution in [-0.2, 0) is 9.59 Å². The third-order valence-corrected chi connectivity index (χ3v) is 5.09. The lowest BCUT2D eigenvalue weighted by Crippen LogP contribution is -2.29. The van der Waals surface area contributed by atoms with Crippen LogP contribution in [0.4, 0.5) is 11.6 Å². The van der Waals surface area contributed by atoms with Gasteiger partial charge in [-0.2, -0.15) is 10.1 Å². The van der Waals surface area contributed by atoms with E-state index in [-0.39, 0.29) is 30.9 Å². The summed E-state index contributed by atoms with van der Waals surface area (Å²) >= 11 is 3.35. The molecule has 154 valence electrons. The van der Waals surface area contributed by atoms with Gasteiger partial charge in [-0.15, -0.1) is 0 Å². The molecule has 2 aromatic carbocycles. The van der Waals surface area contributed by atoms with Crippen LogP contribution >= 0.6 is 15.9 Å². The summed E-state index contributed by atoms with van der Waals surface area (Å²) in [6.07, 6.45) is 1.63. The lowest BCUT2D eigenvalue weighted by molar-refractivity contribution is -0.118.